The molecule has 0 atom stereocenters. The maximum atomic E-state index is 8.11. The number of thiocarbonyl (C=S) groups is 1. The Balaban J connectivity index is 2.83. The van der Waals surface area contributed by atoms with Crippen molar-refractivity contribution in [1.29, 1.82) is 0 Å². The molecule has 0 unspecified atom stereocenters. The summed E-state index contributed by atoms with van der Waals surface area (Å²) in [5, 5.41) is 8.11. The first-order chi connectivity index (χ1) is 2.77. The van der Waals surface area contributed by atoms with E-state index in [1.807, 2.05) is 0 Å². The van der Waals surface area contributed by atoms with Crippen LogP contribution in [0.15, 0.2) is 0 Å². The van der Waals surface area contributed by atoms with E-state index in [4.69, 9.17) is 5.11 Å². The molecule has 0 aliphatic rings. The summed E-state index contributed by atoms with van der Waals surface area (Å²) in [6.07, 6.45) is 0. The molecule has 0 saturated carbocycles. The van der Waals surface area contributed by atoms with Gasteiger partial charge in [0.15, 0.2) is 0 Å². The van der Waals surface area contributed by atoms with Crippen LogP contribution in [0.25, 0.3) is 0 Å². The Labute approximate surface area is 46.7 Å². The highest BCUT2D eigenvalue weighted by Gasteiger charge is 1.80. The van der Waals surface area contributed by atoms with Crippen LogP contribution in [-0.4, -0.2) is 15.2 Å². The smallest absolute Gasteiger partial charge is 0.0937 e. The Bertz CT molecular complexity index is 52.8. The summed E-state index contributed by atoms with van der Waals surface area (Å²) in [5.74, 6) is 0.106. The highest BCUT2D eigenvalue weighted by atomic mass is 32.2. The number of aliphatic hydroxyl groups excluding tert-OH is 1. The van der Waals surface area contributed by atoms with E-state index in [-0.39, 0.29) is 5.94 Å². The van der Waals surface area contributed by atoms with Crippen molar-refractivity contribution in [3.8, 4) is 0 Å². The molecule has 6 heavy (non-hydrogen) atoms. The summed E-state index contributed by atoms with van der Waals surface area (Å²) in [5.41, 5.74) is 0. The van der Waals surface area contributed by atoms with E-state index in [0.717, 1.165) is 4.20 Å². The predicted molar refractivity (Wildman–Crippen MR) is 32.9 cm³/mol. The van der Waals surface area contributed by atoms with Gasteiger partial charge in [0.05, 0.1) is 5.94 Å². The molecule has 0 radical (unpaired) electrons. The predicted octanol–water partition coefficient (Wildman–Crippen LogP) is 1.02. The Kier molecular flexibility index (Phi) is 3.82. The van der Waals surface area contributed by atoms with Crippen molar-refractivity contribution in [3.05, 3.63) is 0 Å². The monoisotopic (exact) mass is 122 g/mol. The molecule has 0 spiro atoms. The van der Waals surface area contributed by atoms with Gasteiger partial charge in [0.1, 0.15) is 0 Å². The van der Waals surface area contributed by atoms with Gasteiger partial charge in [-0.25, -0.2) is 0 Å². The molecule has 0 aromatic carbocycles. The van der Waals surface area contributed by atoms with Crippen LogP contribution in [0, 0.1) is 0 Å². The number of hydrogen-bond donors (Lipinski definition) is 1. The molecule has 1 nitrogen and oxygen atoms in total. The molecule has 0 aliphatic carbocycles. The summed E-state index contributed by atoms with van der Waals surface area (Å²) in [7, 11) is 0. The maximum absolute atomic E-state index is 8.11. The van der Waals surface area contributed by atoms with Crippen LogP contribution >= 0.6 is 24.0 Å². The molecule has 0 fully saturated rings. The normalized spacial score (nSPS) is 8.33. The van der Waals surface area contributed by atoms with Crippen molar-refractivity contribution in [2.75, 3.05) is 5.94 Å². The zero-order chi connectivity index (χ0) is 4.99. The summed E-state index contributed by atoms with van der Waals surface area (Å²) in [6, 6.07) is 0. The standard InChI is InChI=1S/C3H6OS2/c1-3(5)6-2-4/h4H,2H2,1H3. The number of rotatable bonds is 1. The first kappa shape index (κ1) is 6.40. The lowest BCUT2D eigenvalue weighted by atomic mass is 11.0. The molecule has 1 N–H and O–H groups in total. The molecule has 0 heterocycles. The second kappa shape index (κ2) is 3.59. The average Bonchev–Trinajstić information content (AvgIpc) is 1.35. The van der Waals surface area contributed by atoms with Crippen LogP contribution in [0.5, 0.6) is 0 Å². The third-order valence-corrected chi connectivity index (χ3v) is 1.16. The van der Waals surface area contributed by atoms with Crippen LogP contribution in [0.3, 0.4) is 0 Å². The van der Waals surface area contributed by atoms with Crippen molar-refractivity contribution in [3.63, 3.8) is 0 Å². The van der Waals surface area contributed by atoms with Gasteiger partial charge in [0.2, 0.25) is 0 Å². The zero-order valence-electron chi connectivity index (χ0n) is 3.47. The molecular weight excluding hydrogens is 116 g/mol. The van der Waals surface area contributed by atoms with E-state index in [1.165, 1.54) is 11.8 Å². The van der Waals surface area contributed by atoms with Gasteiger partial charge in [0, 0.05) is 4.20 Å². The van der Waals surface area contributed by atoms with E-state index in [9.17, 15) is 0 Å². The maximum Gasteiger partial charge on any atom is 0.0937 e. The lowest BCUT2D eigenvalue weighted by Gasteiger charge is -1.84. The fraction of sp³-hybridized carbons (Fsp3) is 0.667. The van der Waals surface area contributed by atoms with Gasteiger partial charge in [-0.15, -0.1) is 0 Å². The van der Waals surface area contributed by atoms with Crippen LogP contribution in [-0.2, 0) is 0 Å². The summed E-state index contributed by atoms with van der Waals surface area (Å²) in [6.45, 7) is 1.79. The van der Waals surface area contributed by atoms with Crippen molar-refractivity contribution >= 4 is 28.2 Å². The first-order valence-electron chi connectivity index (χ1n) is 1.51. The highest BCUT2D eigenvalue weighted by Crippen LogP contribution is 1.98. The molecule has 0 amide bonds. The Morgan fingerprint density at radius 3 is 2.50 bits per heavy atom. The second-order valence-electron chi connectivity index (χ2n) is 0.765. The lowest BCUT2D eigenvalue weighted by molar-refractivity contribution is 0.376. The van der Waals surface area contributed by atoms with Crippen LogP contribution in [0.1, 0.15) is 6.92 Å². The Morgan fingerprint density at radius 1 is 2.00 bits per heavy atom. The van der Waals surface area contributed by atoms with Gasteiger partial charge in [-0.2, -0.15) is 0 Å². The van der Waals surface area contributed by atoms with Gasteiger partial charge in [-0.1, -0.05) is 24.0 Å². The molecule has 0 saturated heterocycles. The lowest BCUT2D eigenvalue weighted by Crippen LogP contribution is -1.77. The van der Waals surface area contributed by atoms with Crippen molar-refractivity contribution in [1.82, 2.24) is 0 Å². The molecule has 3 heteroatoms. The summed E-state index contributed by atoms with van der Waals surface area (Å²) in [4.78, 5) is 0. The molecule has 0 aromatic rings. The number of hydrogen-bond acceptors (Lipinski definition) is 3. The number of thioether (sulfide) groups is 1. The molecule has 36 valence electrons. The Hall–Kier alpha value is 0.400. The van der Waals surface area contributed by atoms with Crippen LogP contribution in [0.4, 0.5) is 0 Å². The fourth-order valence-corrected chi connectivity index (χ4v) is 0.431. The van der Waals surface area contributed by atoms with Crippen molar-refractivity contribution < 1.29 is 5.11 Å². The van der Waals surface area contributed by atoms with E-state index >= 15 is 0 Å². The SMILES string of the molecule is CC(=S)SCO. The summed E-state index contributed by atoms with van der Waals surface area (Å²) >= 11 is 5.87. The molecular formula is C3H6OS2. The summed E-state index contributed by atoms with van der Waals surface area (Å²) < 4.78 is 0.789. The van der Waals surface area contributed by atoms with Gasteiger partial charge in [-0.3, -0.25) is 0 Å². The largest absolute Gasteiger partial charge is 0.385 e. The minimum Gasteiger partial charge on any atom is -0.385 e. The van der Waals surface area contributed by atoms with Gasteiger partial charge in [0.25, 0.3) is 0 Å². The van der Waals surface area contributed by atoms with E-state index in [0.29, 0.717) is 0 Å². The molecule has 0 aliphatic heterocycles. The van der Waals surface area contributed by atoms with Crippen molar-refractivity contribution in [2.45, 2.75) is 6.92 Å². The van der Waals surface area contributed by atoms with Gasteiger partial charge >= 0.3 is 0 Å². The first-order valence-corrected chi connectivity index (χ1v) is 2.91. The molecule has 0 bridgehead atoms. The van der Waals surface area contributed by atoms with Crippen molar-refractivity contribution in [2.24, 2.45) is 0 Å². The second-order valence-corrected chi connectivity index (χ2v) is 2.80. The molecule has 0 aromatic heterocycles. The third kappa shape index (κ3) is 4.40. The van der Waals surface area contributed by atoms with Gasteiger partial charge < -0.3 is 5.11 Å². The van der Waals surface area contributed by atoms with E-state index in [1.54, 1.807) is 6.92 Å². The topological polar surface area (TPSA) is 20.2 Å². The minimum atomic E-state index is 0.106. The zero-order valence-corrected chi connectivity index (χ0v) is 5.10. The number of aliphatic hydroxyl groups is 1. The quantitative estimate of drug-likeness (QED) is 0.414. The third-order valence-electron chi connectivity index (χ3n) is 0.268. The van der Waals surface area contributed by atoms with E-state index in [2.05, 4.69) is 12.2 Å². The average molecular weight is 122 g/mol. The Morgan fingerprint density at radius 2 is 2.50 bits per heavy atom. The van der Waals surface area contributed by atoms with Crippen LogP contribution < -0.4 is 0 Å². The van der Waals surface area contributed by atoms with E-state index < -0.39 is 0 Å². The van der Waals surface area contributed by atoms with Gasteiger partial charge in [-0.05, 0) is 6.92 Å². The minimum absolute atomic E-state index is 0.106. The van der Waals surface area contributed by atoms with Crippen LogP contribution in [0.2, 0.25) is 0 Å². The molecule has 0 rings (SSSR count). The highest BCUT2D eigenvalue weighted by molar-refractivity contribution is 8.22. The fourth-order valence-electron chi connectivity index (χ4n) is 0.0909.